The van der Waals surface area contributed by atoms with Crippen LogP contribution in [0.5, 0.6) is 0 Å². The standard InChI is InChI=1S/C5H10N2O3S/c1-11(9,10)5(2-3-5)4(6)7-8/h8H,2-3H2,1H3,(H2,6,7). The van der Waals surface area contributed by atoms with Crippen LogP contribution in [0.3, 0.4) is 0 Å². The van der Waals surface area contributed by atoms with Crippen LogP contribution in [0.25, 0.3) is 0 Å². The van der Waals surface area contributed by atoms with Crippen molar-refractivity contribution in [3.8, 4) is 0 Å². The van der Waals surface area contributed by atoms with Gasteiger partial charge in [-0.1, -0.05) is 5.16 Å². The summed E-state index contributed by atoms with van der Waals surface area (Å²) in [7, 11) is -3.22. The molecule has 1 rings (SSSR count). The van der Waals surface area contributed by atoms with Crippen molar-refractivity contribution in [2.45, 2.75) is 17.6 Å². The first-order valence-electron chi connectivity index (χ1n) is 3.12. The first kappa shape index (κ1) is 8.32. The van der Waals surface area contributed by atoms with Crippen molar-refractivity contribution in [2.24, 2.45) is 10.9 Å². The molecular formula is C5H10N2O3S. The van der Waals surface area contributed by atoms with Crippen molar-refractivity contribution in [2.75, 3.05) is 6.26 Å². The van der Waals surface area contributed by atoms with Gasteiger partial charge in [-0.25, -0.2) is 8.42 Å². The molecule has 6 heteroatoms. The summed E-state index contributed by atoms with van der Waals surface area (Å²) in [6, 6.07) is 0. The normalized spacial score (nSPS) is 23.2. The zero-order valence-electron chi connectivity index (χ0n) is 6.11. The summed E-state index contributed by atoms with van der Waals surface area (Å²) < 4.78 is 21.0. The van der Waals surface area contributed by atoms with E-state index in [9.17, 15) is 8.42 Å². The maximum atomic E-state index is 11.0. The first-order chi connectivity index (χ1) is 4.94. The Bertz CT molecular complexity index is 289. The Morgan fingerprint density at radius 2 is 2.09 bits per heavy atom. The van der Waals surface area contributed by atoms with Gasteiger partial charge in [-0.2, -0.15) is 0 Å². The summed E-state index contributed by atoms with van der Waals surface area (Å²) in [6.07, 6.45) is 2.02. The minimum atomic E-state index is -3.22. The molecule has 11 heavy (non-hydrogen) atoms. The highest BCUT2D eigenvalue weighted by Crippen LogP contribution is 2.43. The molecule has 0 spiro atoms. The number of rotatable bonds is 2. The molecular weight excluding hydrogens is 168 g/mol. The molecule has 1 fully saturated rings. The average Bonchev–Trinajstić information content (AvgIpc) is 2.63. The van der Waals surface area contributed by atoms with Crippen molar-refractivity contribution >= 4 is 15.7 Å². The molecule has 0 aromatic heterocycles. The van der Waals surface area contributed by atoms with Crippen LogP contribution in [0, 0.1) is 0 Å². The van der Waals surface area contributed by atoms with Crippen LogP contribution in [-0.2, 0) is 9.84 Å². The Morgan fingerprint density at radius 3 is 2.18 bits per heavy atom. The molecule has 1 aliphatic carbocycles. The first-order valence-corrected chi connectivity index (χ1v) is 5.01. The topological polar surface area (TPSA) is 92.8 Å². The second-order valence-electron chi connectivity index (χ2n) is 2.75. The number of nitrogens with zero attached hydrogens (tertiary/aromatic N) is 1. The fourth-order valence-electron chi connectivity index (χ4n) is 1.02. The van der Waals surface area contributed by atoms with E-state index in [1.807, 2.05) is 0 Å². The van der Waals surface area contributed by atoms with E-state index in [4.69, 9.17) is 10.9 Å². The van der Waals surface area contributed by atoms with Gasteiger partial charge in [-0.15, -0.1) is 0 Å². The van der Waals surface area contributed by atoms with Gasteiger partial charge in [0.1, 0.15) is 4.75 Å². The predicted molar refractivity (Wildman–Crippen MR) is 40.2 cm³/mol. The lowest BCUT2D eigenvalue weighted by molar-refractivity contribution is 0.316. The van der Waals surface area contributed by atoms with Gasteiger partial charge in [0.2, 0.25) is 0 Å². The third-order valence-electron chi connectivity index (χ3n) is 1.99. The van der Waals surface area contributed by atoms with Gasteiger partial charge in [-0.3, -0.25) is 0 Å². The van der Waals surface area contributed by atoms with E-state index in [2.05, 4.69) is 5.16 Å². The Morgan fingerprint density at radius 1 is 1.64 bits per heavy atom. The molecule has 0 saturated heterocycles. The fraction of sp³-hybridized carbons (Fsp3) is 0.800. The maximum absolute atomic E-state index is 11.0. The summed E-state index contributed by atoms with van der Waals surface area (Å²) in [6.45, 7) is 0. The molecule has 0 aliphatic heterocycles. The van der Waals surface area contributed by atoms with E-state index in [1.165, 1.54) is 0 Å². The molecule has 1 saturated carbocycles. The second kappa shape index (κ2) is 2.10. The SMILES string of the molecule is CS(=O)(=O)C1(C(N)=NO)CC1. The van der Waals surface area contributed by atoms with Gasteiger partial charge in [0.15, 0.2) is 15.7 Å². The minimum absolute atomic E-state index is 0.194. The van der Waals surface area contributed by atoms with E-state index >= 15 is 0 Å². The van der Waals surface area contributed by atoms with Crippen LogP contribution in [0.2, 0.25) is 0 Å². The third kappa shape index (κ3) is 1.07. The number of hydrogen-bond donors (Lipinski definition) is 2. The molecule has 5 nitrogen and oxygen atoms in total. The number of oxime groups is 1. The van der Waals surface area contributed by atoms with Crippen LogP contribution in [0.15, 0.2) is 5.16 Å². The summed E-state index contributed by atoms with van der Waals surface area (Å²) in [5, 5.41) is 11.0. The van der Waals surface area contributed by atoms with Crippen LogP contribution in [0.4, 0.5) is 0 Å². The van der Waals surface area contributed by atoms with Crippen LogP contribution in [-0.4, -0.2) is 30.5 Å². The van der Waals surface area contributed by atoms with Crippen molar-refractivity contribution in [3.05, 3.63) is 0 Å². The third-order valence-corrected chi connectivity index (χ3v) is 4.03. The van der Waals surface area contributed by atoms with Crippen LogP contribution in [0.1, 0.15) is 12.8 Å². The summed E-state index contributed by atoms with van der Waals surface area (Å²) in [5.74, 6) is -0.194. The fourth-order valence-corrected chi connectivity index (χ4v) is 2.29. The summed E-state index contributed by atoms with van der Waals surface area (Å²) in [5.41, 5.74) is 5.22. The molecule has 0 radical (unpaired) electrons. The van der Waals surface area contributed by atoms with Crippen molar-refractivity contribution in [3.63, 3.8) is 0 Å². The van der Waals surface area contributed by atoms with Crippen molar-refractivity contribution < 1.29 is 13.6 Å². The number of hydrogen-bond acceptors (Lipinski definition) is 4. The average molecular weight is 178 g/mol. The molecule has 3 N–H and O–H groups in total. The van der Waals surface area contributed by atoms with Gasteiger partial charge in [0, 0.05) is 6.26 Å². The molecule has 0 bridgehead atoms. The number of amidine groups is 1. The van der Waals surface area contributed by atoms with Gasteiger partial charge >= 0.3 is 0 Å². The van der Waals surface area contributed by atoms with Gasteiger partial charge in [0.05, 0.1) is 0 Å². The van der Waals surface area contributed by atoms with E-state index in [1.54, 1.807) is 0 Å². The Labute approximate surface area is 64.8 Å². The van der Waals surface area contributed by atoms with Crippen molar-refractivity contribution in [1.29, 1.82) is 0 Å². The number of sulfone groups is 1. The largest absolute Gasteiger partial charge is 0.409 e. The number of nitrogens with two attached hydrogens (primary N) is 1. The Hall–Kier alpha value is -0.780. The van der Waals surface area contributed by atoms with Crippen LogP contribution < -0.4 is 5.73 Å². The highest BCUT2D eigenvalue weighted by molar-refractivity contribution is 7.93. The Balaban J connectivity index is 3.04. The molecule has 0 heterocycles. The zero-order chi connectivity index (χ0) is 8.70. The van der Waals surface area contributed by atoms with Crippen molar-refractivity contribution in [1.82, 2.24) is 0 Å². The van der Waals surface area contributed by atoms with Crippen LogP contribution >= 0.6 is 0 Å². The minimum Gasteiger partial charge on any atom is -0.409 e. The predicted octanol–water partition coefficient (Wildman–Crippen LogP) is -0.690. The van der Waals surface area contributed by atoms with E-state index < -0.39 is 14.6 Å². The molecule has 0 atom stereocenters. The summed E-state index contributed by atoms with van der Waals surface area (Å²) >= 11 is 0. The molecule has 0 unspecified atom stereocenters. The monoisotopic (exact) mass is 178 g/mol. The molecule has 0 aromatic rings. The highest BCUT2D eigenvalue weighted by Gasteiger charge is 2.56. The van der Waals surface area contributed by atoms with Gasteiger partial charge in [0.25, 0.3) is 0 Å². The molecule has 64 valence electrons. The van der Waals surface area contributed by atoms with Gasteiger partial charge < -0.3 is 10.9 Å². The molecule has 0 amide bonds. The van der Waals surface area contributed by atoms with Gasteiger partial charge in [-0.05, 0) is 12.8 Å². The van der Waals surface area contributed by atoms with E-state index in [0.717, 1.165) is 6.26 Å². The molecule has 0 aromatic carbocycles. The molecule has 1 aliphatic rings. The lowest BCUT2D eigenvalue weighted by atomic mass is 10.4. The Kier molecular flexibility index (Phi) is 1.59. The van der Waals surface area contributed by atoms with E-state index in [-0.39, 0.29) is 5.84 Å². The lowest BCUT2D eigenvalue weighted by Gasteiger charge is -2.09. The summed E-state index contributed by atoms with van der Waals surface area (Å²) in [4.78, 5) is 0. The maximum Gasteiger partial charge on any atom is 0.160 e. The highest BCUT2D eigenvalue weighted by atomic mass is 32.2. The van der Waals surface area contributed by atoms with E-state index in [0.29, 0.717) is 12.8 Å². The second-order valence-corrected chi connectivity index (χ2v) is 5.08. The zero-order valence-corrected chi connectivity index (χ0v) is 6.93. The quantitative estimate of drug-likeness (QED) is 0.253. The smallest absolute Gasteiger partial charge is 0.160 e. The lowest BCUT2D eigenvalue weighted by Crippen LogP contribution is -2.37.